The summed E-state index contributed by atoms with van der Waals surface area (Å²) in [5.41, 5.74) is 4.20. The fraction of sp³-hybridized carbons (Fsp3) is 0.278. The second-order valence-corrected chi connectivity index (χ2v) is 12.7. The van der Waals surface area contributed by atoms with Crippen LogP contribution in [0.3, 0.4) is 0 Å². The van der Waals surface area contributed by atoms with Crippen molar-refractivity contribution in [1.29, 1.82) is 0 Å². The van der Waals surface area contributed by atoms with Crippen LogP contribution in [0.5, 0.6) is 0 Å². The Kier molecular flexibility index (Phi) is 11.3. The van der Waals surface area contributed by atoms with E-state index in [4.69, 9.17) is 0 Å². The Hall–Kier alpha value is -4.43. The monoisotopic (exact) mass is 611 g/mol. The highest BCUT2D eigenvalue weighted by molar-refractivity contribution is 7.92. The summed E-state index contributed by atoms with van der Waals surface area (Å²) in [7, 11) is -4.12. The van der Waals surface area contributed by atoms with Gasteiger partial charge in [0, 0.05) is 19.5 Å². The van der Waals surface area contributed by atoms with Crippen LogP contribution in [0, 0.1) is 6.92 Å². The van der Waals surface area contributed by atoms with Gasteiger partial charge in [0.1, 0.15) is 12.6 Å². The van der Waals surface area contributed by atoms with Crippen molar-refractivity contribution in [1.82, 2.24) is 10.2 Å². The van der Waals surface area contributed by atoms with E-state index in [0.29, 0.717) is 12.2 Å². The zero-order valence-corrected chi connectivity index (χ0v) is 26.5. The molecule has 0 saturated heterocycles. The summed E-state index contributed by atoms with van der Waals surface area (Å²) in [5, 5.41) is 2.97. The number of hydrogen-bond acceptors (Lipinski definition) is 4. The molecule has 4 rings (SSSR count). The number of anilines is 1. The molecule has 8 heteroatoms. The summed E-state index contributed by atoms with van der Waals surface area (Å²) in [5.74, 6) is -0.750. The van der Waals surface area contributed by atoms with Crippen molar-refractivity contribution in [2.24, 2.45) is 0 Å². The van der Waals surface area contributed by atoms with E-state index in [0.717, 1.165) is 39.4 Å². The topological polar surface area (TPSA) is 86.8 Å². The predicted molar refractivity (Wildman–Crippen MR) is 176 cm³/mol. The van der Waals surface area contributed by atoms with E-state index in [1.54, 1.807) is 30.3 Å². The van der Waals surface area contributed by atoms with Gasteiger partial charge in [0.05, 0.1) is 10.6 Å². The first kappa shape index (κ1) is 32.5. The van der Waals surface area contributed by atoms with E-state index in [1.807, 2.05) is 87.5 Å². The molecular formula is C36H41N3O4S. The van der Waals surface area contributed by atoms with Gasteiger partial charge >= 0.3 is 0 Å². The first-order valence-electron chi connectivity index (χ1n) is 15.1. The standard InChI is InChI=1S/C36H41N3O4S/c1-4-23-37-36(41)34(25-30-14-8-6-9-15-30)38(26-31-16-12-13-28(3)24-31)35(40)27-39(32-21-19-29(5-2)20-22-32)44(42,43)33-17-10-7-11-18-33/h6-22,24,34H,4-5,23,25-27H2,1-3H3,(H,37,41). The van der Waals surface area contributed by atoms with Crippen molar-refractivity contribution in [3.8, 4) is 0 Å². The summed E-state index contributed by atoms with van der Waals surface area (Å²) in [6.07, 6.45) is 1.82. The van der Waals surface area contributed by atoms with Crippen LogP contribution in [0.2, 0.25) is 0 Å². The van der Waals surface area contributed by atoms with Crippen LogP contribution < -0.4 is 9.62 Å². The van der Waals surface area contributed by atoms with Gasteiger partial charge in [-0.3, -0.25) is 13.9 Å². The molecule has 7 nitrogen and oxygen atoms in total. The van der Waals surface area contributed by atoms with Gasteiger partial charge in [-0.25, -0.2) is 8.42 Å². The zero-order valence-electron chi connectivity index (χ0n) is 25.6. The Bertz CT molecular complexity index is 1630. The van der Waals surface area contributed by atoms with Gasteiger partial charge in [0.25, 0.3) is 10.0 Å². The second-order valence-electron chi connectivity index (χ2n) is 10.9. The van der Waals surface area contributed by atoms with Gasteiger partial charge in [0.15, 0.2) is 0 Å². The third-order valence-electron chi connectivity index (χ3n) is 7.50. The summed E-state index contributed by atoms with van der Waals surface area (Å²) in [4.78, 5) is 29.8. The lowest BCUT2D eigenvalue weighted by Crippen LogP contribution is -2.53. The van der Waals surface area contributed by atoms with Crippen molar-refractivity contribution in [2.45, 2.75) is 57.5 Å². The van der Waals surface area contributed by atoms with E-state index in [-0.39, 0.29) is 23.8 Å². The lowest BCUT2D eigenvalue weighted by molar-refractivity contribution is -0.140. The average molecular weight is 612 g/mol. The molecule has 0 aromatic heterocycles. The molecular weight excluding hydrogens is 570 g/mol. The lowest BCUT2D eigenvalue weighted by Gasteiger charge is -2.34. The van der Waals surface area contributed by atoms with Gasteiger partial charge in [-0.2, -0.15) is 0 Å². The predicted octanol–water partition coefficient (Wildman–Crippen LogP) is 5.92. The SMILES string of the molecule is CCCNC(=O)C(Cc1ccccc1)N(Cc1cccc(C)c1)C(=O)CN(c1ccc(CC)cc1)S(=O)(=O)c1ccccc1. The Balaban J connectivity index is 1.79. The minimum absolute atomic E-state index is 0.0825. The maximum absolute atomic E-state index is 14.5. The number of hydrogen-bond donors (Lipinski definition) is 1. The molecule has 1 atom stereocenters. The largest absolute Gasteiger partial charge is 0.354 e. The summed E-state index contributed by atoms with van der Waals surface area (Å²) in [6.45, 7) is 6.11. The first-order valence-corrected chi connectivity index (χ1v) is 16.5. The summed E-state index contributed by atoms with van der Waals surface area (Å²) < 4.78 is 29.3. The molecule has 2 amide bonds. The normalized spacial score (nSPS) is 11.9. The molecule has 230 valence electrons. The molecule has 0 saturated carbocycles. The Morgan fingerprint density at radius 1 is 0.773 bits per heavy atom. The molecule has 1 N–H and O–H groups in total. The molecule has 4 aromatic rings. The second kappa shape index (κ2) is 15.3. The smallest absolute Gasteiger partial charge is 0.264 e. The van der Waals surface area contributed by atoms with Crippen molar-refractivity contribution < 1.29 is 18.0 Å². The molecule has 0 aliphatic rings. The van der Waals surface area contributed by atoms with Crippen LogP contribution in [0.4, 0.5) is 5.69 Å². The Labute approximate surface area is 261 Å². The van der Waals surface area contributed by atoms with Crippen molar-refractivity contribution >= 4 is 27.5 Å². The van der Waals surface area contributed by atoms with Crippen LogP contribution in [0.25, 0.3) is 0 Å². The number of benzene rings is 4. The van der Waals surface area contributed by atoms with Gasteiger partial charge in [-0.15, -0.1) is 0 Å². The van der Waals surface area contributed by atoms with Crippen LogP contribution in [-0.2, 0) is 39.0 Å². The highest BCUT2D eigenvalue weighted by Gasteiger charge is 2.34. The highest BCUT2D eigenvalue weighted by atomic mass is 32.2. The van der Waals surface area contributed by atoms with Crippen LogP contribution >= 0.6 is 0 Å². The summed E-state index contributed by atoms with van der Waals surface area (Å²) in [6, 6.07) is 31.8. The number of carbonyl (C=O) groups is 2. The van der Waals surface area contributed by atoms with Crippen molar-refractivity contribution in [3.05, 3.63) is 131 Å². The van der Waals surface area contributed by atoms with E-state index in [9.17, 15) is 18.0 Å². The van der Waals surface area contributed by atoms with Crippen LogP contribution in [0.1, 0.15) is 42.5 Å². The summed E-state index contributed by atoms with van der Waals surface area (Å²) >= 11 is 0. The number of sulfonamides is 1. The number of aryl methyl sites for hydroxylation is 2. The molecule has 0 heterocycles. The average Bonchev–Trinajstić information content (AvgIpc) is 3.05. The maximum Gasteiger partial charge on any atom is 0.264 e. The van der Waals surface area contributed by atoms with Crippen LogP contribution in [-0.4, -0.2) is 44.3 Å². The first-order chi connectivity index (χ1) is 21.2. The molecule has 4 aromatic carbocycles. The van der Waals surface area contributed by atoms with E-state index < -0.39 is 28.5 Å². The Morgan fingerprint density at radius 3 is 2.02 bits per heavy atom. The molecule has 0 aliphatic heterocycles. The fourth-order valence-corrected chi connectivity index (χ4v) is 6.51. The molecule has 44 heavy (non-hydrogen) atoms. The third kappa shape index (κ3) is 8.35. The lowest BCUT2D eigenvalue weighted by atomic mass is 10.0. The zero-order chi connectivity index (χ0) is 31.5. The van der Waals surface area contributed by atoms with Gasteiger partial charge < -0.3 is 10.2 Å². The molecule has 0 aliphatic carbocycles. The number of carbonyl (C=O) groups excluding carboxylic acids is 2. The minimum atomic E-state index is -4.12. The van der Waals surface area contributed by atoms with Crippen molar-refractivity contribution in [2.75, 3.05) is 17.4 Å². The van der Waals surface area contributed by atoms with Crippen LogP contribution in [0.15, 0.2) is 114 Å². The molecule has 0 fully saturated rings. The fourth-order valence-electron chi connectivity index (χ4n) is 5.07. The highest BCUT2D eigenvalue weighted by Crippen LogP contribution is 2.26. The molecule has 0 radical (unpaired) electrons. The van der Waals surface area contributed by atoms with E-state index in [1.165, 1.54) is 17.0 Å². The molecule has 1 unspecified atom stereocenters. The molecule has 0 spiro atoms. The quantitative estimate of drug-likeness (QED) is 0.192. The van der Waals surface area contributed by atoms with E-state index in [2.05, 4.69) is 5.32 Å². The maximum atomic E-state index is 14.5. The van der Waals surface area contributed by atoms with Gasteiger partial charge in [0.2, 0.25) is 11.8 Å². The van der Waals surface area contributed by atoms with Gasteiger partial charge in [-0.05, 0) is 60.7 Å². The number of nitrogens with zero attached hydrogens (tertiary/aromatic N) is 2. The Morgan fingerprint density at radius 2 is 1.41 bits per heavy atom. The van der Waals surface area contributed by atoms with Crippen molar-refractivity contribution in [3.63, 3.8) is 0 Å². The van der Waals surface area contributed by atoms with Gasteiger partial charge in [-0.1, -0.05) is 104 Å². The number of rotatable bonds is 14. The third-order valence-corrected chi connectivity index (χ3v) is 9.29. The number of amides is 2. The van der Waals surface area contributed by atoms with E-state index >= 15 is 0 Å². The minimum Gasteiger partial charge on any atom is -0.354 e. The molecule has 0 bridgehead atoms. The number of nitrogens with one attached hydrogen (secondary N) is 1.